The van der Waals surface area contributed by atoms with E-state index in [0.29, 0.717) is 17.4 Å². The van der Waals surface area contributed by atoms with E-state index in [1.165, 1.54) is 0 Å². The molecule has 0 spiro atoms. The van der Waals surface area contributed by atoms with Crippen LogP contribution < -0.4 is 5.32 Å². The van der Waals surface area contributed by atoms with Crippen LogP contribution in [0.2, 0.25) is 0 Å². The third-order valence-corrected chi connectivity index (χ3v) is 4.17. The van der Waals surface area contributed by atoms with Gasteiger partial charge in [0.25, 0.3) is 0 Å². The van der Waals surface area contributed by atoms with Gasteiger partial charge in [-0.05, 0) is 25.7 Å². The fourth-order valence-electron chi connectivity index (χ4n) is 3.43. The zero-order valence-corrected chi connectivity index (χ0v) is 9.23. The molecular weight excluding hydrogens is 206 g/mol. The van der Waals surface area contributed by atoms with E-state index in [9.17, 15) is 9.59 Å². The third-order valence-electron chi connectivity index (χ3n) is 4.17. The van der Waals surface area contributed by atoms with Gasteiger partial charge in [0.1, 0.15) is 6.10 Å². The molecule has 4 nitrogen and oxygen atoms in total. The highest BCUT2D eigenvalue weighted by molar-refractivity contribution is 5.92. The summed E-state index contributed by atoms with van der Waals surface area (Å²) in [5.41, 5.74) is 0.503. The lowest BCUT2D eigenvalue weighted by atomic mass is 9.86. The fraction of sp³-hybridized carbons (Fsp3) is 0.667. The van der Waals surface area contributed by atoms with Crippen LogP contribution in [0, 0.1) is 17.8 Å². The predicted molar refractivity (Wildman–Crippen MR) is 56.3 cm³/mol. The minimum absolute atomic E-state index is 0.0110. The Morgan fingerprint density at radius 1 is 1.50 bits per heavy atom. The van der Waals surface area contributed by atoms with Crippen LogP contribution in [0.4, 0.5) is 0 Å². The summed E-state index contributed by atoms with van der Waals surface area (Å²) in [6.45, 7) is 5.30. The van der Waals surface area contributed by atoms with E-state index in [4.69, 9.17) is 4.74 Å². The molecule has 1 heterocycles. The van der Waals surface area contributed by atoms with Crippen LogP contribution in [0.25, 0.3) is 0 Å². The summed E-state index contributed by atoms with van der Waals surface area (Å²) in [5.74, 6) is 0.664. The highest BCUT2D eigenvalue weighted by Crippen LogP contribution is 2.54. The van der Waals surface area contributed by atoms with Crippen LogP contribution in [0.3, 0.4) is 0 Å². The Balaban J connectivity index is 1.77. The summed E-state index contributed by atoms with van der Waals surface area (Å²) < 4.78 is 5.35. The van der Waals surface area contributed by atoms with Crippen molar-refractivity contribution in [1.29, 1.82) is 0 Å². The number of hydrogen-bond donors (Lipinski definition) is 1. The summed E-state index contributed by atoms with van der Waals surface area (Å²) >= 11 is 0. The van der Waals surface area contributed by atoms with Crippen molar-refractivity contribution >= 4 is 11.9 Å². The smallest absolute Gasteiger partial charge is 0.309 e. The molecule has 2 saturated carbocycles. The maximum Gasteiger partial charge on any atom is 0.309 e. The highest BCUT2D eigenvalue weighted by atomic mass is 16.6. The Labute approximate surface area is 94.0 Å². The SMILES string of the molecule is C=C(C)C(=O)NC1C2CC3C(=O)OC1[C@H]3C2. The largest absolute Gasteiger partial charge is 0.460 e. The lowest BCUT2D eigenvalue weighted by Gasteiger charge is -2.26. The van der Waals surface area contributed by atoms with E-state index in [-0.39, 0.29) is 29.9 Å². The molecule has 0 aromatic heterocycles. The van der Waals surface area contributed by atoms with Gasteiger partial charge in [-0.1, -0.05) is 6.58 Å². The van der Waals surface area contributed by atoms with Crippen LogP contribution in [0.5, 0.6) is 0 Å². The number of ether oxygens (including phenoxy) is 1. The lowest BCUT2D eigenvalue weighted by Crippen LogP contribution is -2.46. The number of nitrogens with one attached hydrogen (secondary N) is 1. The summed E-state index contributed by atoms with van der Waals surface area (Å²) in [4.78, 5) is 23.1. The Morgan fingerprint density at radius 2 is 2.25 bits per heavy atom. The first kappa shape index (κ1) is 9.87. The normalized spacial score (nSPS) is 43.3. The van der Waals surface area contributed by atoms with Gasteiger partial charge in [-0.25, -0.2) is 0 Å². The van der Waals surface area contributed by atoms with Crippen molar-refractivity contribution in [3.8, 4) is 0 Å². The van der Waals surface area contributed by atoms with Gasteiger partial charge in [-0.2, -0.15) is 0 Å². The van der Waals surface area contributed by atoms with Crippen LogP contribution in [0.1, 0.15) is 19.8 Å². The van der Waals surface area contributed by atoms with Crippen molar-refractivity contribution < 1.29 is 14.3 Å². The molecule has 5 atom stereocenters. The zero-order chi connectivity index (χ0) is 11.4. The molecular formula is C12H15NO3. The standard InChI is InChI=1S/C12H15NO3/c1-5(2)11(14)13-9-6-3-7-8(4-6)12(15)16-10(7)9/h6-10H,1,3-4H2,2H3,(H,13,14)/t6?,7-,8?,9?,10?/m0/s1. The number of amides is 1. The molecule has 86 valence electrons. The molecule has 2 aliphatic carbocycles. The van der Waals surface area contributed by atoms with Crippen molar-refractivity contribution in [1.82, 2.24) is 5.32 Å². The number of carbonyl (C=O) groups is 2. The van der Waals surface area contributed by atoms with Crippen molar-refractivity contribution in [2.75, 3.05) is 0 Å². The maximum atomic E-state index is 11.6. The molecule has 4 heteroatoms. The molecule has 3 fully saturated rings. The molecule has 2 bridgehead atoms. The van der Waals surface area contributed by atoms with Crippen LogP contribution >= 0.6 is 0 Å². The van der Waals surface area contributed by atoms with E-state index in [1.54, 1.807) is 6.92 Å². The second kappa shape index (κ2) is 3.09. The molecule has 1 aliphatic heterocycles. The number of fused-ring (bicyclic) bond motifs is 1. The minimum atomic E-state index is -0.128. The van der Waals surface area contributed by atoms with Crippen LogP contribution in [0.15, 0.2) is 12.2 Å². The molecule has 1 N–H and O–H groups in total. The second-order valence-electron chi connectivity index (χ2n) is 5.18. The van der Waals surface area contributed by atoms with Crippen molar-refractivity contribution in [2.24, 2.45) is 17.8 Å². The second-order valence-corrected chi connectivity index (χ2v) is 5.18. The quantitative estimate of drug-likeness (QED) is 0.549. The molecule has 0 radical (unpaired) electrons. The number of rotatable bonds is 2. The van der Waals surface area contributed by atoms with Gasteiger partial charge in [0.15, 0.2) is 0 Å². The Kier molecular flexibility index (Phi) is 1.91. The van der Waals surface area contributed by atoms with Gasteiger partial charge in [0.2, 0.25) is 5.91 Å². The van der Waals surface area contributed by atoms with Gasteiger partial charge < -0.3 is 10.1 Å². The average Bonchev–Trinajstić information content (AvgIpc) is 2.81. The van der Waals surface area contributed by atoms with Gasteiger partial charge in [0.05, 0.1) is 12.0 Å². The molecule has 1 saturated heterocycles. The lowest BCUT2D eigenvalue weighted by molar-refractivity contribution is -0.144. The van der Waals surface area contributed by atoms with Gasteiger partial charge in [-0.15, -0.1) is 0 Å². The van der Waals surface area contributed by atoms with E-state index in [1.807, 2.05) is 0 Å². The summed E-state index contributed by atoms with van der Waals surface area (Å²) in [6.07, 6.45) is 1.81. The molecule has 4 unspecified atom stereocenters. The zero-order valence-electron chi connectivity index (χ0n) is 9.23. The predicted octanol–water partition coefficient (Wildman–Crippen LogP) is 0.629. The molecule has 3 aliphatic rings. The summed E-state index contributed by atoms with van der Waals surface area (Å²) in [5, 5.41) is 2.94. The van der Waals surface area contributed by atoms with E-state index in [2.05, 4.69) is 11.9 Å². The topological polar surface area (TPSA) is 55.4 Å². The maximum absolute atomic E-state index is 11.6. The summed E-state index contributed by atoms with van der Waals surface area (Å²) in [6, 6.07) is 0.0110. The first-order valence-electron chi connectivity index (χ1n) is 5.75. The highest BCUT2D eigenvalue weighted by Gasteiger charge is 2.62. The molecule has 0 aromatic carbocycles. The van der Waals surface area contributed by atoms with Crippen molar-refractivity contribution in [3.05, 3.63) is 12.2 Å². The number of carbonyl (C=O) groups excluding carboxylic acids is 2. The van der Waals surface area contributed by atoms with Gasteiger partial charge in [-0.3, -0.25) is 9.59 Å². The first-order chi connectivity index (χ1) is 7.58. The van der Waals surface area contributed by atoms with E-state index >= 15 is 0 Å². The summed E-state index contributed by atoms with van der Waals surface area (Å²) in [7, 11) is 0. The molecule has 1 amide bonds. The number of hydrogen-bond acceptors (Lipinski definition) is 3. The minimum Gasteiger partial charge on any atom is -0.460 e. The molecule has 16 heavy (non-hydrogen) atoms. The van der Waals surface area contributed by atoms with E-state index in [0.717, 1.165) is 12.8 Å². The van der Waals surface area contributed by atoms with E-state index < -0.39 is 0 Å². The number of esters is 1. The van der Waals surface area contributed by atoms with Crippen LogP contribution in [-0.4, -0.2) is 24.0 Å². The van der Waals surface area contributed by atoms with Gasteiger partial charge in [0, 0.05) is 11.5 Å². The third kappa shape index (κ3) is 1.16. The first-order valence-corrected chi connectivity index (χ1v) is 5.75. The Morgan fingerprint density at radius 3 is 2.94 bits per heavy atom. The van der Waals surface area contributed by atoms with Crippen LogP contribution in [-0.2, 0) is 14.3 Å². The average molecular weight is 221 g/mol. The Bertz CT molecular complexity index is 390. The van der Waals surface area contributed by atoms with Gasteiger partial charge >= 0.3 is 5.97 Å². The molecule has 3 rings (SSSR count). The van der Waals surface area contributed by atoms with Crippen molar-refractivity contribution in [3.63, 3.8) is 0 Å². The van der Waals surface area contributed by atoms with Crippen molar-refractivity contribution in [2.45, 2.75) is 31.9 Å². The Hall–Kier alpha value is -1.32. The monoisotopic (exact) mass is 221 g/mol. The fourth-order valence-corrected chi connectivity index (χ4v) is 3.43. The molecule has 0 aromatic rings.